The molecule has 1 N–H and O–H groups in total. The Bertz CT molecular complexity index is 244. The lowest BCUT2D eigenvalue weighted by molar-refractivity contribution is 0.174. The van der Waals surface area contributed by atoms with Crippen LogP contribution in [0.3, 0.4) is 0 Å². The molecule has 6 heteroatoms. The molecule has 0 aromatic carbocycles. The van der Waals surface area contributed by atoms with Gasteiger partial charge < -0.3 is 5.11 Å². The molecule has 0 aliphatic carbocycles. The predicted octanol–water partition coefficient (Wildman–Crippen LogP) is -0.300. The molecule has 0 spiro atoms. The first-order chi connectivity index (χ1) is 4.54. The van der Waals surface area contributed by atoms with Crippen LogP contribution < -0.4 is 0 Å². The molecule has 1 fully saturated rings. The van der Waals surface area contributed by atoms with Crippen molar-refractivity contribution in [2.75, 3.05) is 12.3 Å². The molecule has 10 heavy (non-hydrogen) atoms. The summed E-state index contributed by atoms with van der Waals surface area (Å²) in [6.45, 7) is 0.109. The van der Waals surface area contributed by atoms with Crippen LogP contribution in [0.15, 0.2) is 0 Å². The highest BCUT2D eigenvalue weighted by Crippen LogP contribution is 2.12. The number of carboxylic acid groups (broad SMARTS) is 1. The zero-order valence-corrected chi connectivity index (χ0v) is 5.97. The second-order valence-corrected chi connectivity index (χ2v) is 4.04. The van der Waals surface area contributed by atoms with Crippen molar-refractivity contribution in [3.05, 3.63) is 0 Å². The summed E-state index contributed by atoms with van der Waals surface area (Å²) in [4.78, 5) is 10.2. The summed E-state index contributed by atoms with van der Waals surface area (Å²) in [5.74, 6) is -0.0424. The highest BCUT2D eigenvalue weighted by Gasteiger charge is 2.31. The number of rotatable bonds is 0. The molecule has 0 bridgehead atoms. The Hall–Kier alpha value is -0.780. The minimum absolute atomic E-state index is 0.0424. The topological polar surface area (TPSA) is 74.7 Å². The minimum Gasteiger partial charge on any atom is -0.464 e. The Morgan fingerprint density at radius 2 is 2.10 bits per heavy atom. The molecule has 0 atom stereocenters. The first-order valence-corrected chi connectivity index (χ1v) is 4.38. The molecule has 0 unspecified atom stereocenters. The SMILES string of the molecule is O=C(O)N1CCCS1(=O)=O. The van der Waals surface area contributed by atoms with E-state index in [1.54, 1.807) is 0 Å². The summed E-state index contributed by atoms with van der Waals surface area (Å²) in [6, 6.07) is 0. The Morgan fingerprint density at radius 3 is 2.30 bits per heavy atom. The Balaban J connectivity index is 2.90. The van der Waals surface area contributed by atoms with Crippen LogP contribution in [-0.2, 0) is 10.0 Å². The second-order valence-electron chi connectivity index (χ2n) is 2.02. The van der Waals surface area contributed by atoms with E-state index >= 15 is 0 Å². The normalized spacial score (nSPS) is 23.0. The number of hydrogen-bond acceptors (Lipinski definition) is 3. The van der Waals surface area contributed by atoms with Crippen molar-refractivity contribution >= 4 is 16.1 Å². The van der Waals surface area contributed by atoms with Crippen LogP contribution in [0.25, 0.3) is 0 Å². The molecule has 0 radical (unpaired) electrons. The maximum atomic E-state index is 10.7. The first kappa shape index (κ1) is 7.33. The van der Waals surface area contributed by atoms with E-state index in [0.717, 1.165) is 0 Å². The smallest absolute Gasteiger partial charge is 0.421 e. The van der Waals surface area contributed by atoms with E-state index < -0.39 is 16.1 Å². The average molecular weight is 165 g/mol. The van der Waals surface area contributed by atoms with Gasteiger partial charge in [0, 0.05) is 6.54 Å². The van der Waals surface area contributed by atoms with Crippen molar-refractivity contribution in [3.63, 3.8) is 0 Å². The van der Waals surface area contributed by atoms with E-state index in [-0.39, 0.29) is 12.3 Å². The number of amides is 1. The lowest BCUT2D eigenvalue weighted by atomic mass is 10.5. The molecule has 0 aromatic rings. The number of hydrogen-bond donors (Lipinski definition) is 1. The van der Waals surface area contributed by atoms with E-state index in [0.29, 0.717) is 10.7 Å². The van der Waals surface area contributed by atoms with Crippen molar-refractivity contribution in [1.29, 1.82) is 0 Å². The lowest BCUT2D eigenvalue weighted by Crippen LogP contribution is -2.30. The van der Waals surface area contributed by atoms with Gasteiger partial charge in [-0.1, -0.05) is 0 Å². The molecular formula is C4H7NO4S. The van der Waals surface area contributed by atoms with Gasteiger partial charge in [0.2, 0.25) is 10.0 Å². The van der Waals surface area contributed by atoms with Crippen LogP contribution in [0, 0.1) is 0 Å². The molecule has 1 saturated heterocycles. The Morgan fingerprint density at radius 1 is 1.50 bits per heavy atom. The van der Waals surface area contributed by atoms with E-state index in [1.165, 1.54) is 0 Å². The third kappa shape index (κ3) is 1.06. The van der Waals surface area contributed by atoms with E-state index in [1.807, 2.05) is 0 Å². The molecule has 0 saturated carbocycles. The zero-order chi connectivity index (χ0) is 7.78. The highest BCUT2D eigenvalue weighted by molar-refractivity contribution is 7.89. The quantitative estimate of drug-likeness (QED) is 0.534. The van der Waals surface area contributed by atoms with Crippen molar-refractivity contribution in [2.45, 2.75) is 6.42 Å². The molecule has 5 nitrogen and oxygen atoms in total. The Labute approximate surface area is 58.3 Å². The fraction of sp³-hybridized carbons (Fsp3) is 0.750. The second kappa shape index (κ2) is 2.12. The molecule has 1 aliphatic heterocycles. The van der Waals surface area contributed by atoms with Crippen LogP contribution in [0.1, 0.15) is 6.42 Å². The van der Waals surface area contributed by atoms with Crippen molar-refractivity contribution in [3.8, 4) is 0 Å². The maximum Gasteiger partial charge on any atom is 0.421 e. The lowest BCUT2D eigenvalue weighted by Gasteiger charge is -2.07. The van der Waals surface area contributed by atoms with Crippen LogP contribution in [0.4, 0.5) is 4.79 Å². The molecule has 1 amide bonds. The van der Waals surface area contributed by atoms with Crippen LogP contribution in [0.2, 0.25) is 0 Å². The average Bonchev–Trinajstić information content (AvgIpc) is 2.08. The summed E-state index contributed by atoms with van der Waals surface area (Å²) in [7, 11) is -3.45. The highest BCUT2D eigenvalue weighted by atomic mass is 32.2. The predicted molar refractivity (Wildman–Crippen MR) is 33.1 cm³/mol. The molecule has 1 heterocycles. The van der Waals surface area contributed by atoms with Crippen LogP contribution in [-0.4, -0.2) is 36.2 Å². The van der Waals surface area contributed by atoms with Gasteiger partial charge in [-0.15, -0.1) is 0 Å². The van der Waals surface area contributed by atoms with Crippen molar-refractivity contribution in [1.82, 2.24) is 4.31 Å². The van der Waals surface area contributed by atoms with Gasteiger partial charge in [-0.05, 0) is 6.42 Å². The molecule has 1 rings (SSSR count). The third-order valence-electron chi connectivity index (χ3n) is 1.31. The summed E-state index contributed by atoms with van der Waals surface area (Å²) in [5.41, 5.74) is 0. The van der Waals surface area contributed by atoms with E-state index in [4.69, 9.17) is 5.11 Å². The minimum atomic E-state index is -3.45. The monoisotopic (exact) mass is 165 g/mol. The zero-order valence-electron chi connectivity index (χ0n) is 5.15. The molecule has 0 aromatic heterocycles. The molecule has 1 aliphatic rings. The van der Waals surface area contributed by atoms with Gasteiger partial charge in [0.05, 0.1) is 5.75 Å². The van der Waals surface area contributed by atoms with Gasteiger partial charge in [0.15, 0.2) is 0 Å². The standard InChI is InChI=1S/C4H7NO4S/c6-4(7)5-2-1-3-10(5,8)9/h1-3H2,(H,6,7). The third-order valence-corrected chi connectivity index (χ3v) is 3.13. The summed E-state index contributed by atoms with van der Waals surface area (Å²) < 4.78 is 22.0. The van der Waals surface area contributed by atoms with Crippen LogP contribution >= 0.6 is 0 Å². The fourth-order valence-electron chi connectivity index (χ4n) is 0.854. The van der Waals surface area contributed by atoms with Crippen molar-refractivity contribution < 1.29 is 18.3 Å². The first-order valence-electron chi connectivity index (χ1n) is 2.77. The fourth-order valence-corrected chi connectivity index (χ4v) is 2.21. The van der Waals surface area contributed by atoms with Crippen molar-refractivity contribution in [2.24, 2.45) is 0 Å². The van der Waals surface area contributed by atoms with Gasteiger partial charge >= 0.3 is 6.09 Å². The number of carbonyl (C=O) groups is 1. The van der Waals surface area contributed by atoms with Crippen LogP contribution in [0.5, 0.6) is 0 Å². The van der Waals surface area contributed by atoms with E-state index in [9.17, 15) is 13.2 Å². The van der Waals surface area contributed by atoms with Gasteiger partial charge in [0.1, 0.15) is 0 Å². The summed E-state index contributed by atoms with van der Waals surface area (Å²) in [6.07, 6.45) is -0.966. The number of nitrogens with zero attached hydrogens (tertiary/aromatic N) is 1. The largest absolute Gasteiger partial charge is 0.464 e. The summed E-state index contributed by atoms with van der Waals surface area (Å²) in [5, 5.41) is 8.30. The molecule has 58 valence electrons. The number of sulfonamides is 1. The van der Waals surface area contributed by atoms with Gasteiger partial charge in [-0.3, -0.25) is 0 Å². The van der Waals surface area contributed by atoms with E-state index in [2.05, 4.69) is 0 Å². The maximum absolute atomic E-state index is 10.7. The van der Waals surface area contributed by atoms with Gasteiger partial charge in [-0.2, -0.15) is 0 Å². The summed E-state index contributed by atoms with van der Waals surface area (Å²) >= 11 is 0. The van der Waals surface area contributed by atoms with Gasteiger partial charge in [-0.25, -0.2) is 17.5 Å². The molecular weight excluding hydrogens is 158 g/mol. The Kier molecular flexibility index (Phi) is 1.55. The van der Waals surface area contributed by atoms with Gasteiger partial charge in [0.25, 0.3) is 0 Å².